The molecular weight excluding hydrogens is 279 g/mol. The number of halogens is 1. The number of amides is 2. The molecule has 2 aromatic rings. The average Bonchev–Trinajstić information content (AvgIpc) is 2.51. The second-order valence-corrected chi connectivity index (χ2v) is 5.02. The van der Waals surface area contributed by atoms with E-state index in [0.29, 0.717) is 6.54 Å². The molecule has 0 spiro atoms. The summed E-state index contributed by atoms with van der Waals surface area (Å²) >= 11 is 0. The van der Waals surface area contributed by atoms with Crippen LogP contribution in [0.4, 0.5) is 9.18 Å². The topological polar surface area (TPSA) is 41.1 Å². The number of rotatable bonds is 5. The maximum Gasteiger partial charge on any atom is 0.318 e. The van der Waals surface area contributed by atoms with Crippen LogP contribution in [-0.4, -0.2) is 12.6 Å². The van der Waals surface area contributed by atoms with Crippen molar-refractivity contribution in [2.45, 2.75) is 13.3 Å². The van der Waals surface area contributed by atoms with Crippen molar-refractivity contribution in [3.05, 3.63) is 77.2 Å². The van der Waals surface area contributed by atoms with Gasteiger partial charge in [0.2, 0.25) is 0 Å². The van der Waals surface area contributed by atoms with Crippen LogP contribution in [0, 0.1) is 12.7 Å². The summed E-state index contributed by atoms with van der Waals surface area (Å²) in [6, 6.07) is 14.0. The van der Waals surface area contributed by atoms with Crippen LogP contribution in [0.2, 0.25) is 0 Å². The second kappa shape index (κ2) is 7.98. The first kappa shape index (κ1) is 15.8. The molecule has 0 aliphatic heterocycles. The molecule has 114 valence electrons. The van der Waals surface area contributed by atoms with Crippen LogP contribution in [0.25, 0.3) is 6.08 Å². The SMILES string of the molecule is Cc1ccc(CCNC(=O)N/C=C/c2ccc(F)cc2)cc1. The third kappa shape index (κ3) is 5.40. The van der Waals surface area contributed by atoms with Gasteiger partial charge < -0.3 is 10.6 Å². The van der Waals surface area contributed by atoms with E-state index in [1.807, 2.05) is 6.92 Å². The lowest BCUT2D eigenvalue weighted by atomic mass is 10.1. The number of carbonyl (C=O) groups excluding carboxylic acids is 1. The lowest BCUT2D eigenvalue weighted by molar-refractivity contribution is 0.244. The summed E-state index contributed by atoms with van der Waals surface area (Å²) in [6.45, 7) is 2.61. The molecule has 0 aromatic heterocycles. The predicted molar refractivity (Wildman–Crippen MR) is 86.9 cm³/mol. The standard InChI is InChI=1S/C18H19FN2O/c1-14-2-4-15(5-3-14)10-12-20-18(22)21-13-11-16-6-8-17(19)9-7-16/h2-9,11,13H,10,12H2,1H3,(H2,20,21,22)/b13-11+. The number of hydrogen-bond acceptors (Lipinski definition) is 1. The summed E-state index contributed by atoms with van der Waals surface area (Å²) < 4.78 is 12.7. The van der Waals surface area contributed by atoms with Crippen LogP contribution in [0.1, 0.15) is 16.7 Å². The first-order valence-corrected chi connectivity index (χ1v) is 7.15. The number of nitrogens with one attached hydrogen (secondary N) is 2. The smallest absolute Gasteiger partial charge is 0.318 e. The summed E-state index contributed by atoms with van der Waals surface area (Å²) in [6.07, 6.45) is 4.03. The largest absolute Gasteiger partial charge is 0.338 e. The fourth-order valence-electron chi connectivity index (χ4n) is 1.91. The molecule has 0 heterocycles. The van der Waals surface area contributed by atoms with E-state index in [1.54, 1.807) is 18.2 Å². The van der Waals surface area contributed by atoms with Gasteiger partial charge in [0, 0.05) is 12.7 Å². The number of carbonyl (C=O) groups is 1. The molecule has 0 saturated heterocycles. The quantitative estimate of drug-likeness (QED) is 0.869. The highest BCUT2D eigenvalue weighted by atomic mass is 19.1. The van der Waals surface area contributed by atoms with E-state index in [-0.39, 0.29) is 11.8 Å². The highest BCUT2D eigenvalue weighted by Crippen LogP contribution is 2.04. The van der Waals surface area contributed by atoms with Gasteiger partial charge in [0.05, 0.1) is 0 Å². The van der Waals surface area contributed by atoms with Gasteiger partial charge in [-0.05, 0) is 42.7 Å². The minimum absolute atomic E-state index is 0.259. The van der Waals surface area contributed by atoms with Crippen LogP contribution in [0.15, 0.2) is 54.7 Å². The van der Waals surface area contributed by atoms with Gasteiger partial charge in [0.1, 0.15) is 5.82 Å². The van der Waals surface area contributed by atoms with Gasteiger partial charge in [-0.25, -0.2) is 9.18 Å². The Labute approximate surface area is 129 Å². The maximum absolute atomic E-state index is 12.7. The molecule has 0 bridgehead atoms. The van der Waals surface area contributed by atoms with Gasteiger partial charge in [-0.2, -0.15) is 0 Å². The van der Waals surface area contributed by atoms with Crippen LogP contribution >= 0.6 is 0 Å². The third-order valence-corrected chi connectivity index (χ3v) is 3.18. The van der Waals surface area contributed by atoms with Gasteiger partial charge in [-0.3, -0.25) is 0 Å². The fraction of sp³-hybridized carbons (Fsp3) is 0.167. The highest BCUT2D eigenvalue weighted by molar-refractivity contribution is 5.75. The van der Waals surface area contributed by atoms with Crippen molar-refractivity contribution in [3.63, 3.8) is 0 Å². The van der Waals surface area contributed by atoms with E-state index in [4.69, 9.17) is 0 Å². The minimum atomic E-state index is -0.279. The van der Waals surface area contributed by atoms with Crippen LogP contribution in [-0.2, 0) is 6.42 Å². The molecule has 22 heavy (non-hydrogen) atoms. The molecule has 3 nitrogen and oxygen atoms in total. The zero-order chi connectivity index (χ0) is 15.8. The summed E-state index contributed by atoms with van der Waals surface area (Å²) in [5.41, 5.74) is 3.23. The molecule has 4 heteroatoms. The summed E-state index contributed by atoms with van der Waals surface area (Å²) in [4.78, 5) is 11.6. The molecule has 0 aliphatic carbocycles. The number of aryl methyl sites for hydroxylation is 1. The van der Waals surface area contributed by atoms with E-state index in [1.165, 1.54) is 29.5 Å². The van der Waals surface area contributed by atoms with Crippen molar-refractivity contribution >= 4 is 12.1 Å². The Hall–Kier alpha value is -2.62. The van der Waals surface area contributed by atoms with Crippen LogP contribution in [0.3, 0.4) is 0 Å². The lowest BCUT2D eigenvalue weighted by Gasteiger charge is -2.05. The van der Waals surface area contributed by atoms with Gasteiger partial charge >= 0.3 is 6.03 Å². The second-order valence-electron chi connectivity index (χ2n) is 5.02. The Morgan fingerprint density at radius 2 is 1.77 bits per heavy atom. The molecule has 2 rings (SSSR count). The first-order valence-electron chi connectivity index (χ1n) is 7.15. The van der Waals surface area contributed by atoms with Gasteiger partial charge in [0.15, 0.2) is 0 Å². The van der Waals surface area contributed by atoms with E-state index in [9.17, 15) is 9.18 Å². The molecule has 0 saturated carbocycles. The molecule has 0 radical (unpaired) electrons. The van der Waals surface area contributed by atoms with Crippen LogP contribution < -0.4 is 10.6 Å². The zero-order valence-electron chi connectivity index (χ0n) is 12.5. The predicted octanol–water partition coefficient (Wildman–Crippen LogP) is 3.65. The lowest BCUT2D eigenvalue weighted by Crippen LogP contribution is -2.33. The Morgan fingerprint density at radius 1 is 1.09 bits per heavy atom. The van der Waals surface area contributed by atoms with E-state index < -0.39 is 0 Å². The van der Waals surface area contributed by atoms with E-state index >= 15 is 0 Å². The molecule has 0 unspecified atom stereocenters. The molecule has 2 aromatic carbocycles. The Kier molecular flexibility index (Phi) is 5.72. The summed E-state index contributed by atoms with van der Waals surface area (Å²) in [5, 5.41) is 5.40. The van der Waals surface area contributed by atoms with Gasteiger partial charge in [-0.1, -0.05) is 42.0 Å². The van der Waals surface area contributed by atoms with Crippen molar-refractivity contribution in [1.29, 1.82) is 0 Å². The molecule has 0 fully saturated rings. The Morgan fingerprint density at radius 3 is 2.45 bits per heavy atom. The highest BCUT2D eigenvalue weighted by Gasteiger charge is 1.97. The Balaban J connectivity index is 1.69. The molecular formula is C18H19FN2O. The third-order valence-electron chi connectivity index (χ3n) is 3.18. The molecule has 0 aliphatic rings. The molecule has 0 atom stereocenters. The van der Waals surface area contributed by atoms with E-state index in [2.05, 4.69) is 34.9 Å². The summed E-state index contributed by atoms with van der Waals surface area (Å²) in [5.74, 6) is -0.279. The number of benzene rings is 2. The average molecular weight is 298 g/mol. The summed E-state index contributed by atoms with van der Waals surface area (Å²) in [7, 11) is 0. The monoisotopic (exact) mass is 298 g/mol. The van der Waals surface area contributed by atoms with Crippen molar-refractivity contribution in [1.82, 2.24) is 10.6 Å². The minimum Gasteiger partial charge on any atom is -0.338 e. The molecule has 2 N–H and O–H groups in total. The van der Waals surface area contributed by atoms with Crippen molar-refractivity contribution < 1.29 is 9.18 Å². The van der Waals surface area contributed by atoms with E-state index in [0.717, 1.165) is 12.0 Å². The van der Waals surface area contributed by atoms with Gasteiger partial charge in [0.25, 0.3) is 0 Å². The zero-order valence-corrected chi connectivity index (χ0v) is 12.5. The Bertz CT molecular complexity index is 633. The van der Waals surface area contributed by atoms with Crippen LogP contribution in [0.5, 0.6) is 0 Å². The normalized spacial score (nSPS) is 10.6. The maximum atomic E-state index is 12.7. The van der Waals surface area contributed by atoms with Crippen molar-refractivity contribution in [2.75, 3.05) is 6.54 Å². The first-order chi connectivity index (χ1) is 10.6. The molecule has 2 amide bonds. The van der Waals surface area contributed by atoms with Gasteiger partial charge in [-0.15, -0.1) is 0 Å². The van der Waals surface area contributed by atoms with Crippen molar-refractivity contribution in [3.8, 4) is 0 Å². The number of urea groups is 1. The fourth-order valence-corrected chi connectivity index (χ4v) is 1.91. The number of hydrogen-bond donors (Lipinski definition) is 2. The van der Waals surface area contributed by atoms with Crippen molar-refractivity contribution in [2.24, 2.45) is 0 Å².